The molecular formula is C19H23NO2. The van der Waals surface area contributed by atoms with Gasteiger partial charge < -0.3 is 14.8 Å². The summed E-state index contributed by atoms with van der Waals surface area (Å²) < 4.78 is 10.9. The van der Waals surface area contributed by atoms with Gasteiger partial charge in [0.25, 0.3) is 0 Å². The van der Waals surface area contributed by atoms with Crippen LogP contribution in [0.1, 0.15) is 16.7 Å². The summed E-state index contributed by atoms with van der Waals surface area (Å²) in [4.78, 5) is 0. The van der Waals surface area contributed by atoms with E-state index < -0.39 is 0 Å². The predicted octanol–water partition coefficient (Wildman–Crippen LogP) is 3.86. The summed E-state index contributed by atoms with van der Waals surface area (Å²) in [6.45, 7) is 7.85. The Balaban J connectivity index is 1.92. The molecule has 0 aliphatic carbocycles. The molecule has 0 saturated carbocycles. The third-order valence-electron chi connectivity index (χ3n) is 3.36. The molecule has 0 aliphatic rings. The zero-order chi connectivity index (χ0) is 15.8. The van der Waals surface area contributed by atoms with Crippen molar-refractivity contribution in [2.75, 3.05) is 13.7 Å². The molecule has 2 rings (SSSR count). The van der Waals surface area contributed by atoms with E-state index in [1.54, 1.807) is 13.2 Å². The number of hydrogen-bond acceptors (Lipinski definition) is 3. The molecule has 3 nitrogen and oxygen atoms in total. The highest BCUT2D eigenvalue weighted by Crippen LogP contribution is 2.28. The average Bonchev–Trinajstić information content (AvgIpc) is 2.55. The number of benzene rings is 2. The molecule has 0 radical (unpaired) electrons. The number of nitrogens with one attached hydrogen (secondary N) is 1. The Morgan fingerprint density at radius 1 is 1.00 bits per heavy atom. The molecule has 0 aromatic heterocycles. The maximum absolute atomic E-state index is 5.55. The van der Waals surface area contributed by atoms with Crippen molar-refractivity contribution in [2.45, 2.75) is 20.0 Å². The Bertz CT molecular complexity index is 605. The zero-order valence-electron chi connectivity index (χ0n) is 13.3. The van der Waals surface area contributed by atoms with E-state index >= 15 is 0 Å². The molecule has 2 aromatic carbocycles. The minimum atomic E-state index is 0.474. The van der Waals surface area contributed by atoms with E-state index in [9.17, 15) is 0 Å². The molecule has 0 fully saturated rings. The van der Waals surface area contributed by atoms with Gasteiger partial charge in [-0.3, -0.25) is 0 Å². The highest BCUT2D eigenvalue weighted by Gasteiger charge is 2.05. The van der Waals surface area contributed by atoms with Gasteiger partial charge in [0.2, 0.25) is 0 Å². The summed E-state index contributed by atoms with van der Waals surface area (Å²) in [5.41, 5.74) is 3.72. The van der Waals surface area contributed by atoms with Crippen LogP contribution in [0.5, 0.6) is 11.5 Å². The van der Waals surface area contributed by atoms with E-state index in [1.807, 2.05) is 18.2 Å². The third kappa shape index (κ3) is 4.64. The van der Waals surface area contributed by atoms with Gasteiger partial charge in [0.1, 0.15) is 6.61 Å². The van der Waals surface area contributed by atoms with Crippen molar-refractivity contribution in [1.29, 1.82) is 0 Å². The van der Waals surface area contributed by atoms with Crippen LogP contribution in [0.25, 0.3) is 0 Å². The van der Waals surface area contributed by atoms with Gasteiger partial charge in [-0.25, -0.2) is 0 Å². The quantitative estimate of drug-likeness (QED) is 0.751. The molecule has 0 bridgehead atoms. The maximum atomic E-state index is 5.55. The summed E-state index contributed by atoms with van der Waals surface area (Å²) in [6.07, 6.45) is 1.72. The molecule has 2 aromatic rings. The lowest BCUT2D eigenvalue weighted by Gasteiger charge is -2.11. The summed E-state index contributed by atoms with van der Waals surface area (Å²) in [5, 5.41) is 3.44. The number of ether oxygens (including phenoxy) is 2. The summed E-state index contributed by atoms with van der Waals surface area (Å²) in [6, 6.07) is 14.5. The molecule has 0 saturated heterocycles. The van der Waals surface area contributed by atoms with Crippen LogP contribution in [0.15, 0.2) is 55.1 Å². The van der Waals surface area contributed by atoms with Crippen LogP contribution < -0.4 is 14.8 Å². The summed E-state index contributed by atoms with van der Waals surface area (Å²) in [7, 11) is 1.65. The lowest BCUT2D eigenvalue weighted by Crippen LogP contribution is -2.12. The Morgan fingerprint density at radius 3 is 2.36 bits per heavy atom. The average molecular weight is 297 g/mol. The molecule has 0 amide bonds. The first kappa shape index (κ1) is 16.1. The van der Waals surface area contributed by atoms with Crippen LogP contribution in [0.4, 0.5) is 0 Å². The Morgan fingerprint density at radius 2 is 1.68 bits per heavy atom. The minimum absolute atomic E-state index is 0.474. The predicted molar refractivity (Wildman–Crippen MR) is 90.4 cm³/mol. The monoisotopic (exact) mass is 297 g/mol. The molecule has 0 aliphatic heterocycles. The van der Waals surface area contributed by atoms with Crippen molar-refractivity contribution in [3.63, 3.8) is 0 Å². The van der Waals surface area contributed by atoms with Crippen LogP contribution in [-0.4, -0.2) is 13.7 Å². The van der Waals surface area contributed by atoms with Crippen molar-refractivity contribution in [1.82, 2.24) is 5.32 Å². The van der Waals surface area contributed by atoms with Crippen LogP contribution in [0, 0.1) is 6.92 Å². The smallest absolute Gasteiger partial charge is 0.161 e. The first-order valence-corrected chi connectivity index (χ1v) is 7.40. The van der Waals surface area contributed by atoms with Gasteiger partial charge in [-0.1, -0.05) is 48.6 Å². The second-order valence-electron chi connectivity index (χ2n) is 5.17. The Labute approximate surface area is 132 Å². The van der Waals surface area contributed by atoms with E-state index in [-0.39, 0.29) is 0 Å². The molecule has 0 atom stereocenters. The third-order valence-corrected chi connectivity index (χ3v) is 3.36. The van der Waals surface area contributed by atoms with Gasteiger partial charge >= 0.3 is 0 Å². The fourth-order valence-electron chi connectivity index (χ4n) is 2.15. The van der Waals surface area contributed by atoms with Crippen LogP contribution in [0.2, 0.25) is 0 Å². The van der Waals surface area contributed by atoms with Crippen LogP contribution >= 0.6 is 0 Å². The van der Waals surface area contributed by atoms with E-state index in [1.165, 1.54) is 11.1 Å². The first-order chi connectivity index (χ1) is 10.7. The molecule has 22 heavy (non-hydrogen) atoms. The second-order valence-corrected chi connectivity index (χ2v) is 5.17. The highest BCUT2D eigenvalue weighted by atomic mass is 16.5. The van der Waals surface area contributed by atoms with Crippen molar-refractivity contribution >= 4 is 0 Å². The Hall–Kier alpha value is -2.26. The van der Waals surface area contributed by atoms with Crippen LogP contribution in [0.3, 0.4) is 0 Å². The standard InChI is InChI=1S/C19H23NO2/c1-4-11-22-18-10-9-17(12-19(18)21-3)14-20-13-16-7-5-15(2)6-8-16/h4-10,12,20H,1,11,13-14H2,2-3H3. The molecule has 3 heteroatoms. The van der Waals surface area contributed by atoms with Crippen molar-refractivity contribution in [3.05, 3.63) is 71.8 Å². The van der Waals surface area contributed by atoms with E-state index in [0.29, 0.717) is 6.61 Å². The van der Waals surface area contributed by atoms with Gasteiger partial charge in [0, 0.05) is 13.1 Å². The Kier molecular flexibility index (Phi) is 6.04. The molecule has 0 unspecified atom stereocenters. The van der Waals surface area contributed by atoms with Gasteiger partial charge in [-0.15, -0.1) is 0 Å². The normalized spacial score (nSPS) is 10.3. The van der Waals surface area contributed by atoms with E-state index in [0.717, 1.165) is 30.2 Å². The molecule has 0 spiro atoms. The van der Waals surface area contributed by atoms with E-state index in [2.05, 4.69) is 43.1 Å². The summed E-state index contributed by atoms with van der Waals surface area (Å²) >= 11 is 0. The molecular weight excluding hydrogens is 274 g/mol. The lowest BCUT2D eigenvalue weighted by molar-refractivity contribution is 0.326. The number of aryl methyl sites for hydroxylation is 1. The van der Waals surface area contributed by atoms with Crippen molar-refractivity contribution < 1.29 is 9.47 Å². The summed E-state index contributed by atoms with van der Waals surface area (Å²) in [5.74, 6) is 1.49. The van der Waals surface area contributed by atoms with E-state index in [4.69, 9.17) is 9.47 Å². The van der Waals surface area contributed by atoms with Gasteiger partial charge in [0.15, 0.2) is 11.5 Å². The second kappa shape index (κ2) is 8.25. The maximum Gasteiger partial charge on any atom is 0.161 e. The SMILES string of the molecule is C=CCOc1ccc(CNCc2ccc(C)cc2)cc1OC. The molecule has 116 valence electrons. The fourth-order valence-corrected chi connectivity index (χ4v) is 2.15. The van der Waals surface area contributed by atoms with Gasteiger partial charge in [0.05, 0.1) is 7.11 Å². The first-order valence-electron chi connectivity index (χ1n) is 7.40. The molecule has 0 heterocycles. The van der Waals surface area contributed by atoms with Crippen molar-refractivity contribution in [2.24, 2.45) is 0 Å². The van der Waals surface area contributed by atoms with Gasteiger partial charge in [-0.05, 0) is 30.2 Å². The number of rotatable bonds is 8. The highest BCUT2D eigenvalue weighted by molar-refractivity contribution is 5.43. The number of hydrogen-bond donors (Lipinski definition) is 1. The van der Waals surface area contributed by atoms with Gasteiger partial charge in [-0.2, -0.15) is 0 Å². The van der Waals surface area contributed by atoms with Crippen LogP contribution in [-0.2, 0) is 13.1 Å². The number of methoxy groups -OCH3 is 1. The minimum Gasteiger partial charge on any atom is -0.493 e. The largest absolute Gasteiger partial charge is 0.493 e. The topological polar surface area (TPSA) is 30.5 Å². The fraction of sp³-hybridized carbons (Fsp3) is 0.263. The zero-order valence-corrected chi connectivity index (χ0v) is 13.3. The van der Waals surface area contributed by atoms with Crippen molar-refractivity contribution in [3.8, 4) is 11.5 Å². The molecule has 1 N–H and O–H groups in total. The lowest BCUT2D eigenvalue weighted by atomic mass is 10.1.